The third kappa shape index (κ3) is 1.23. The molecule has 0 bridgehead atoms. The highest BCUT2D eigenvalue weighted by Crippen LogP contribution is 2.27. The van der Waals surface area contributed by atoms with E-state index in [0.717, 1.165) is 24.6 Å². The maximum Gasteiger partial charge on any atom is 0.124 e. The van der Waals surface area contributed by atoms with Crippen LogP contribution in [-0.2, 0) is 6.54 Å². The van der Waals surface area contributed by atoms with E-state index in [1.807, 2.05) is 0 Å². The van der Waals surface area contributed by atoms with Gasteiger partial charge < -0.3 is 5.32 Å². The van der Waals surface area contributed by atoms with Crippen LogP contribution in [0.15, 0.2) is 23.6 Å². The molecule has 0 radical (unpaired) electrons. The Labute approximate surface area is 86.4 Å². The quantitative estimate of drug-likeness (QED) is 0.775. The zero-order chi connectivity index (χ0) is 9.38. The number of hydrogen-bond acceptors (Lipinski definition) is 3. The van der Waals surface area contributed by atoms with Gasteiger partial charge in [-0.25, -0.2) is 4.68 Å². The monoisotopic (exact) mass is 205 g/mol. The van der Waals surface area contributed by atoms with Gasteiger partial charge in [0.25, 0.3) is 0 Å². The van der Waals surface area contributed by atoms with Crippen molar-refractivity contribution in [2.45, 2.75) is 13.0 Å². The summed E-state index contributed by atoms with van der Waals surface area (Å²) in [4.78, 5) is 1.24. The second kappa shape index (κ2) is 3.13. The van der Waals surface area contributed by atoms with Crippen molar-refractivity contribution in [1.82, 2.24) is 9.78 Å². The molecule has 0 unspecified atom stereocenters. The lowest BCUT2D eigenvalue weighted by atomic mass is 10.3. The smallest absolute Gasteiger partial charge is 0.124 e. The van der Waals surface area contributed by atoms with Crippen LogP contribution in [0.4, 0.5) is 5.82 Å². The number of aryl methyl sites for hydroxylation is 1. The zero-order valence-corrected chi connectivity index (χ0v) is 8.55. The fourth-order valence-corrected chi connectivity index (χ4v) is 2.40. The van der Waals surface area contributed by atoms with Crippen LogP contribution in [0, 0.1) is 0 Å². The lowest BCUT2D eigenvalue weighted by Crippen LogP contribution is -2.17. The molecule has 2 aromatic rings. The van der Waals surface area contributed by atoms with Crippen LogP contribution in [0.3, 0.4) is 0 Å². The zero-order valence-electron chi connectivity index (χ0n) is 7.73. The van der Waals surface area contributed by atoms with Crippen LogP contribution in [-0.4, -0.2) is 16.3 Å². The van der Waals surface area contributed by atoms with Gasteiger partial charge in [0, 0.05) is 19.2 Å². The van der Waals surface area contributed by atoms with Gasteiger partial charge in [0.2, 0.25) is 0 Å². The average molecular weight is 205 g/mol. The molecule has 0 saturated heterocycles. The minimum atomic E-state index is 1.04. The number of aromatic nitrogens is 2. The van der Waals surface area contributed by atoms with E-state index < -0.39 is 0 Å². The van der Waals surface area contributed by atoms with Crippen molar-refractivity contribution in [2.24, 2.45) is 0 Å². The summed E-state index contributed by atoms with van der Waals surface area (Å²) < 4.78 is 2.05. The Hall–Kier alpha value is -1.29. The molecule has 1 N–H and O–H groups in total. The number of rotatable bonds is 1. The van der Waals surface area contributed by atoms with Gasteiger partial charge in [0.15, 0.2) is 0 Å². The second-order valence-corrected chi connectivity index (χ2v) is 4.34. The molecule has 0 atom stereocenters. The Bertz CT molecular complexity index is 407. The van der Waals surface area contributed by atoms with Gasteiger partial charge in [0.1, 0.15) is 11.5 Å². The first-order chi connectivity index (χ1) is 6.93. The Morgan fingerprint density at radius 2 is 2.50 bits per heavy atom. The van der Waals surface area contributed by atoms with E-state index in [-0.39, 0.29) is 0 Å². The third-order valence-corrected chi connectivity index (χ3v) is 3.30. The van der Waals surface area contributed by atoms with Crippen LogP contribution >= 0.6 is 11.3 Å². The van der Waals surface area contributed by atoms with Gasteiger partial charge in [-0.1, -0.05) is 6.07 Å². The van der Waals surface area contributed by atoms with Crippen LogP contribution in [0.1, 0.15) is 6.42 Å². The van der Waals surface area contributed by atoms with Crippen molar-refractivity contribution in [2.75, 3.05) is 11.9 Å². The first-order valence-corrected chi connectivity index (χ1v) is 5.67. The van der Waals surface area contributed by atoms with E-state index in [0.29, 0.717) is 0 Å². The highest BCUT2D eigenvalue weighted by atomic mass is 32.1. The van der Waals surface area contributed by atoms with E-state index in [2.05, 4.69) is 38.7 Å². The molecule has 14 heavy (non-hydrogen) atoms. The minimum absolute atomic E-state index is 1.04. The molecule has 1 aliphatic rings. The highest BCUT2D eigenvalue weighted by molar-refractivity contribution is 7.13. The molecule has 0 aliphatic carbocycles. The Kier molecular flexibility index (Phi) is 1.80. The molecule has 0 fully saturated rings. The first kappa shape index (κ1) is 8.05. The average Bonchev–Trinajstić information content (AvgIpc) is 2.86. The lowest BCUT2D eigenvalue weighted by Gasteiger charge is -2.14. The second-order valence-electron chi connectivity index (χ2n) is 3.40. The topological polar surface area (TPSA) is 29.9 Å². The van der Waals surface area contributed by atoms with Crippen LogP contribution in [0.2, 0.25) is 0 Å². The largest absolute Gasteiger partial charge is 0.370 e. The summed E-state index contributed by atoms with van der Waals surface area (Å²) in [7, 11) is 0. The number of anilines is 1. The van der Waals surface area contributed by atoms with Crippen molar-refractivity contribution in [3.05, 3.63) is 23.6 Å². The maximum absolute atomic E-state index is 4.56. The first-order valence-electron chi connectivity index (χ1n) is 4.79. The SMILES string of the molecule is c1csc(-c2cc3n(n2)CCCN3)c1. The summed E-state index contributed by atoms with van der Waals surface area (Å²) in [5.41, 5.74) is 1.09. The number of fused-ring (bicyclic) bond motifs is 1. The minimum Gasteiger partial charge on any atom is -0.370 e. The molecule has 2 aromatic heterocycles. The Balaban J connectivity index is 2.04. The molecule has 4 heteroatoms. The van der Waals surface area contributed by atoms with Crippen molar-refractivity contribution in [1.29, 1.82) is 0 Å². The standard InChI is InChI=1S/C10H11N3S/c1-3-9(14-6-1)8-7-10-11-4-2-5-13(10)12-8/h1,3,6-7,11H,2,4-5H2. The summed E-state index contributed by atoms with van der Waals surface area (Å²) in [6, 6.07) is 6.30. The highest BCUT2D eigenvalue weighted by Gasteiger charge is 2.12. The van der Waals surface area contributed by atoms with Gasteiger partial charge in [-0.15, -0.1) is 11.3 Å². The van der Waals surface area contributed by atoms with Crippen molar-refractivity contribution in [3.63, 3.8) is 0 Å². The molecule has 0 spiro atoms. The molecular weight excluding hydrogens is 194 g/mol. The molecular formula is C10H11N3S. The molecule has 0 amide bonds. The summed E-state index contributed by atoms with van der Waals surface area (Å²) in [6.45, 7) is 2.10. The number of nitrogens with one attached hydrogen (secondary N) is 1. The van der Waals surface area contributed by atoms with E-state index >= 15 is 0 Å². The van der Waals surface area contributed by atoms with Crippen LogP contribution < -0.4 is 5.32 Å². The molecule has 1 aliphatic heterocycles. The number of thiophene rings is 1. The van der Waals surface area contributed by atoms with Gasteiger partial charge >= 0.3 is 0 Å². The maximum atomic E-state index is 4.56. The molecule has 3 nitrogen and oxygen atoms in total. The molecule has 0 saturated carbocycles. The molecule has 3 rings (SSSR count). The molecule has 0 aromatic carbocycles. The van der Waals surface area contributed by atoms with Crippen molar-refractivity contribution in [3.8, 4) is 10.6 Å². The van der Waals surface area contributed by atoms with Gasteiger partial charge in [-0.05, 0) is 17.9 Å². The number of hydrogen-bond donors (Lipinski definition) is 1. The fraction of sp³-hybridized carbons (Fsp3) is 0.300. The van der Waals surface area contributed by atoms with Gasteiger partial charge in [-0.3, -0.25) is 0 Å². The Morgan fingerprint density at radius 1 is 1.50 bits per heavy atom. The summed E-state index contributed by atoms with van der Waals surface area (Å²) in [5.74, 6) is 1.15. The summed E-state index contributed by atoms with van der Waals surface area (Å²) in [5, 5.41) is 9.99. The molecule has 3 heterocycles. The van der Waals surface area contributed by atoms with E-state index in [1.165, 1.54) is 11.3 Å². The van der Waals surface area contributed by atoms with E-state index in [4.69, 9.17) is 0 Å². The fourth-order valence-electron chi connectivity index (χ4n) is 1.72. The molecule has 72 valence electrons. The third-order valence-electron chi connectivity index (χ3n) is 2.41. The predicted molar refractivity (Wildman–Crippen MR) is 58.6 cm³/mol. The van der Waals surface area contributed by atoms with Gasteiger partial charge in [-0.2, -0.15) is 5.10 Å². The summed E-state index contributed by atoms with van der Waals surface area (Å²) in [6.07, 6.45) is 1.17. The van der Waals surface area contributed by atoms with Crippen molar-refractivity contribution >= 4 is 17.2 Å². The lowest BCUT2D eigenvalue weighted by molar-refractivity contribution is 0.569. The predicted octanol–water partition coefficient (Wildman–Crippen LogP) is 2.43. The van der Waals surface area contributed by atoms with E-state index in [9.17, 15) is 0 Å². The van der Waals surface area contributed by atoms with E-state index in [1.54, 1.807) is 11.3 Å². The van der Waals surface area contributed by atoms with Crippen molar-refractivity contribution < 1.29 is 0 Å². The Morgan fingerprint density at radius 3 is 3.29 bits per heavy atom. The van der Waals surface area contributed by atoms with Gasteiger partial charge in [0.05, 0.1) is 4.88 Å². The van der Waals surface area contributed by atoms with Crippen LogP contribution in [0.25, 0.3) is 10.6 Å². The normalized spacial score (nSPS) is 14.9. The number of nitrogens with zero attached hydrogens (tertiary/aromatic N) is 2. The summed E-state index contributed by atoms with van der Waals surface area (Å²) >= 11 is 1.74. The van der Waals surface area contributed by atoms with Crippen LogP contribution in [0.5, 0.6) is 0 Å².